The number of hydrogen-bond acceptors (Lipinski definition) is 10. The second-order valence-corrected chi connectivity index (χ2v) is 15.1. The van der Waals surface area contributed by atoms with Gasteiger partial charge in [0.25, 0.3) is 0 Å². The Labute approximate surface area is 336 Å². The Balaban J connectivity index is 2.36. The lowest BCUT2D eigenvalue weighted by Gasteiger charge is -2.48. The fourth-order valence-corrected chi connectivity index (χ4v) is 7.14. The van der Waals surface area contributed by atoms with Gasteiger partial charge in [-0.1, -0.05) is 153 Å². The van der Waals surface area contributed by atoms with Crippen LogP contribution in [0.25, 0.3) is 0 Å². The summed E-state index contributed by atoms with van der Waals surface area (Å²) in [6, 6.07) is 7.95. The molecule has 1 aliphatic heterocycles. The Morgan fingerprint density at radius 1 is 0.625 bits per heavy atom. The van der Waals surface area contributed by atoms with Gasteiger partial charge in [0.15, 0.2) is 18.4 Å². The van der Waals surface area contributed by atoms with Gasteiger partial charge in [0.2, 0.25) is 5.91 Å². The highest BCUT2D eigenvalue weighted by Gasteiger charge is 2.53. The van der Waals surface area contributed by atoms with Crippen molar-refractivity contribution in [2.24, 2.45) is 0 Å². The second-order valence-electron chi connectivity index (χ2n) is 15.1. The zero-order valence-corrected chi connectivity index (χ0v) is 35.1. The zero-order chi connectivity index (χ0) is 41.0. The molecule has 12 heteroatoms. The van der Waals surface area contributed by atoms with Gasteiger partial charge in [-0.2, -0.15) is 0 Å². The number of rotatable bonds is 29. The van der Waals surface area contributed by atoms with Crippen molar-refractivity contribution < 1.29 is 47.7 Å². The van der Waals surface area contributed by atoms with Gasteiger partial charge >= 0.3 is 24.0 Å². The van der Waals surface area contributed by atoms with Crippen LogP contribution in [-0.4, -0.2) is 78.5 Å². The number of benzene rings is 1. The van der Waals surface area contributed by atoms with E-state index in [1.54, 1.807) is 4.90 Å². The molecule has 2 rings (SSSR count). The summed E-state index contributed by atoms with van der Waals surface area (Å²) in [5.41, 5.74) is 0.758. The number of hydrogen-bond donors (Lipinski definition) is 1. The number of esters is 3. The first kappa shape index (κ1) is 48.5. The van der Waals surface area contributed by atoms with Crippen LogP contribution >= 0.6 is 0 Å². The Bertz CT molecular complexity index is 1260. The summed E-state index contributed by atoms with van der Waals surface area (Å²) >= 11 is 0. The number of carbonyl (C=O) groups is 5. The van der Waals surface area contributed by atoms with E-state index >= 15 is 0 Å². The van der Waals surface area contributed by atoms with Crippen LogP contribution in [-0.2, 0) is 49.5 Å². The summed E-state index contributed by atoms with van der Waals surface area (Å²) in [5, 5.41) is 2.81. The molecule has 0 unspecified atom stereocenters. The van der Waals surface area contributed by atoms with Gasteiger partial charge in [0.05, 0.1) is 0 Å². The van der Waals surface area contributed by atoms with E-state index in [0.29, 0.717) is 19.4 Å². The Morgan fingerprint density at radius 3 is 1.64 bits per heavy atom. The third-order valence-corrected chi connectivity index (χ3v) is 10.1. The van der Waals surface area contributed by atoms with Crippen molar-refractivity contribution in [2.75, 3.05) is 13.2 Å². The predicted molar refractivity (Wildman–Crippen MR) is 215 cm³/mol. The van der Waals surface area contributed by atoms with E-state index in [9.17, 15) is 24.0 Å². The molecule has 0 radical (unpaired) electrons. The van der Waals surface area contributed by atoms with Crippen molar-refractivity contribution in [1.82, 2.24) is 10.2 Å². The average molecular weight is 789 g/mol. The molecule has 0 spiro atoms. The minimum absolute atomic E-state index is 0.0363. The molecular formula is C44H72N2O10. The van der Waals surface area contributed by atoms with E-state index in [1.165, 1.54) is 91.4 Å². The van der Waals surface area contributed by atoms with Crippen molar-refractivity contribution in [2.45, 2.75) is 200 Å². The topological polar surface area (TPSA) is 147 Å². The average Bonchev–Trinajstić information content (AvgIpc) is 3.16. The summed E-state index contributed by atoms with van der Waals surface area (Å²) in [6.07, 6.45) is 15.6. The minimum Gasteiger partial charge on any atom is -0.463 e. The van der Waals surface area contributed by atoms with Crippen LogP contribution in [0.1, 0.15) is 169 Å². The van der Waals surface area contributed by atoms with Gasteiger partial charge in [0.1, 0.15) is 25.4 Å². The van der Waals surface area contributed by atoms with Crippen molar-refractivity contribution in [1.29, 1.82) is 0 Å². The smallest absolute Gasteiger partial charge is 0.407 e. The molecule has 1 fully saturated rings. The van der Waals surface area contributed by atoms with E-state index in [4.69, 9.17) is 23.7 Å². The Morgan fingerprint density at radius 2 is 1.12 bits per heavy atom. The van der Waals surface area contributed by atoms with E-state index in [1.807, 2.05) is 30.3 Å². The third-order valence-electron chi connectivity index (χ3n) is 10.1. The molecule has 1 heterocycles. The lowest BCUT2D eigenvalue weighted by molar-refractivity contribution is -0.245. The van der Waals surface area contributed by atoms with Gasteiger partial charge in [0, 0.05) is 33.7 Å². The lowest BCUT2D eigenvalue weighted by atomic mass is 9.94. The van der Waals surface area contributed by atoms with Crippen LogP contribution in [0.5, 0.6) is 0 Å². The molecule has 0 saturated carbocycles. The fraction of sp³-hybridized carbons (Fsp3) is 0.750. The zero-order valence-electron chi connectivity index (χ0n) is 35.1. The van der Waals surface area contributed by atoms with Gasteiger partial charge in [-0.25, -0.2) is 4.79 Å². The molecule has 1 saturated heterocycles. The van der Waals surface area contributed by atoms with Gasteiger partial charge in [-0.3, -0.25) is 19.2 Å². The molecule has 0 aliphatic carbocycles. The molecule has 12 nitrogen and oxygen atoms in total. The van der Waals surface area contributed by atoms with Gasteiger partial charge in [-0.15, -0.1) is 0 Å². The molecule has 2 amide bonds. The number of ether oxygens (including phenoxy) is 5. The summed E-state index contributed by atoms with van der Waals surface area (Å²) < 4.78 is 28.9. The SMILES string of the molecule is CCCCCCCCCCCCN(C(=O)CCCCCCCCCCC)[C@@H]1O[C@H](COC(C)=O)[C@@H](OC(C)=O)[C@H](OC(C)=O)[C@H]1NC(=O)OCc1ccccc1. The van der Waals surface area contributed by atoms with E-state index in [-0.39, 0.29) is 25.5 Å². The van der Waals surface area contributed by atoms with Crippen LogP contribution in [0.3, 0.4) is 0 Å². The van der Waals surface area contributed by atoms with Crippen molar-refractivity contribution >= 4 is 29.9 Å². The molecular weight excluding hydrogens is 716 g/mol. The molecule has 5 atom stereocenters. The molecule has 1 aliphatic rings. The Hall–Kier alpha value is -3.67. The number of amides is 2. The minimum atomic E-state index is -1.31. The highest BCUT2D eigenvalue weighted by Crippen LogP contribution is 2.30. The lowest BCUT2D eigenvalue weighted by Crippen LogP contribution is -2.70. The number of carbonyl (C=O) groups excluding carboxylic acids is 5. The van der Waals surface area contributed by atoms with E-state index < -0.39 is 54.6 Å². The molecule has 0 bridgehead atoms. The normalized spacial score (nSPS) is 19.1. The summed E-state index contributed by atoms with van der Waals surface area (Å²) in [4.78, 5) is 66.3. The maximum Gasteiger partial charge on any atom is 0.407 e. The van der Waals surface area contributed by atoms with Crippen LogP contribution in [0.2, 0.25) is 0 Å². The monoisotopic (exact) mass is 789 g/mol. The number of unbranched alkanes of at least 4 members (excludes halogenated alkanes) is 17. The molecule has 318 valence electrons. The summed E-state index contributed by atoms with van der Waals surface area (Å²) in [7, 11) is 0. The van der Waals surface area contributed by atoms with Crippen LogP contribution in [0.4, 0.5) is 4.79 Å². The van der Waals surface area contributed by atoms with E-state index in [0.717, 1.165) is 44.1 Å². The van der Waals surface area contributed by atoms with Crippen LogP contribution < -0.4 is 5.32 Å². The summed E-state index contributed by atoms with van der Waals surface area (Å²) in [6.45, 7) is 8.01. The van der Waals surface area contributed by atoms with Crippen molar-refractivity contribution in [3.8, 4) is 0 Å². The molecule has 0 aromatic heterocycles. The number of nitrogens with zero attached hydrogens (tertiary/aromatic N) is 1. The Kier molecular flexibility index (Phi) is 25.6. The predicted octanol–water partition coefficient (Wildman–Crippen LogP) is 9.10. The van der Waals surface area contributed by atoms with Crippen molar-refractivity contribution in [3.05, 3.63) is 35.9 Å². The fourth-order valence-electron chi connectivity index (χ4n) is 7.14. The standard InChI is InChI=1S/C44H72N2O10/c1-6-8-10-12-14-16-18-20-22-27-31-46(39(50)30-26-21-19-17-15-13-11-9-7-2)43-40(45-44(51)53-32-37-28-24-23-25-29-37)42(55-36(5)49)41(54-35(4)48)38(56-43)33-52-34(3)47/h23-25,28-29,38,40-43H,6-22,26-27,30-33H2,1-5H3,(H,45,51)/t38-,40-,41-,42-,43-/m1/s1. The quantitative estimate of drug-likeness (QED) is 0.0474. The van der Waals surface area contributed by atoms with Crippen LogP contribution in [0, 0.1) is 0 Å². The maximum atomic E-state index is 14.3. The van der Waals surface area contributed by atoms with Crippen molar-refractivity contribution in [3.63, 3.8) is 0 Å². The number of alkyl carbamates (subject to hydrolysis) is 1. The molecule has 1 aromatic carbocycles. The third kappa shape index (κ3) is 20.5. The second kappa shape index (κ2) is 29.6. The number of nitrogens with one attached hydrogen (secondary N) is 1. The maximum absolute atomic E-state index is 14.3. The summed E-state index contributed by atoms with van der Waals surface area (Å²) in [5.74, 6) is -2.16. The van der Waals surface area contributed by atoms with E-state index in [2.05, 4.69) is 19.2 Å². The molecule has 1 aromatic rings. The molecule has 1 N–H and O–H groups in total. The largest absolute Gasteiger partial charge is 0.463 e. The first-order valence-corrected chi connectivity index (χ1v) is 21.5. The van der Waals surface area contributed by atoms with Gasteiger partial charge in [-0.05, 0) is 18.4 Å². The molecule has 56 heavy (non-hydrogen) atoms. The first-order chi connectivity index (χ1) is 27.1. The first-order valence-electron chi connectivity index (χ1n) is 21.5. The van der Waals surface area contributed by atoms with Crippen LogP contribution in [0.15, 0.2) is 30.3 Å². The highest BCUT2D eigenvalue weighted by molar-refractivity contribution is 5.77. The van der Waals surface area contributed by atoms with Gasteiger partial charge < -0.3 is 33.9 Å². The highest BCUT2D eigenvalue weighted by atomic mass is 16.6.